The number of carbonyl (C=O) groups is 1. The molecule has 2 saturated heterocycles. The van der Waals surface area contributed by atoms with E-state index in [4.69, 9.17) is 4.52 Å². The number of hydrogen-bond donors (Lipinski definition) is 1. The van der Waals surface area contributed by atoms with E-state index < -0.39 is 0 Å². The number of aryl methyl sites for hydroxylation is 1. The van der Waals surface area contributed by atoms with Crippen molar-refractivity contribution in [2.24, 2.45) is 11.8 Å². The predicted molar refractivity (Wildman–Crippen MR) is 128 cm³/mol. The molecule has 0 spiro atoms. The Morgan fingerprint density at radius 3 is 2.70 bits per heavy atom. The SMILES string of the molecule is Cc1noc2ncnc(N3CCC[C@H](C(=O)Nc4ccc(CN5CCC(C)CC5)cc4)C3)c12. The Bertz CT molecular complexity index is 1100. The van der Waals surface area contributed by atoms with Gasteiger partial charge >= 0.3 is 0 Å². The Kier molecular flexibility index (Phi) is 6.26. The Morgan fingerprint density at radius 1 is 1.12 bits per heavy atom. The Balaban J connectivity index is 1.20. The molecular weight excluding hydrogens is 416 g/mol. The van der Waals surface area contributed by atoms with Crippen molar-refractivity contribution in [3.63, 3.8) is 0 Å². The molecule has 0 aliphatic carbocycles. The lowest BCUT2D eigenvalue weighted by Gasteiger charge is -2.33. The van der Waals surface area contributed by atoms with Gasteiger partial charge in [0.1, 0.15) is 17.5 Å². The van der Waals surface area contributed by atoms with Gasteiger partial charge in [0.05, 0.1) is 11.6 Å². The quantitative estimate of drug-likeness (QED) is 0.631. The van der Waals surface area contributed by atoms with Crippen LogP contribution in [-0.2, 0) is 11.3 Å². The fraction of sp³-hybridized carbons (Fsp3) is 0.520. The van der Waals surface area contributed by atoms with Gasteiger partial charge in [-0.2, -0.15) is 4.98 Å². The molecule has 2 aromatic heterocycles. The maximum atomic E-state index is 13.0. The maximum absolute atomic E-state index is 13.0. The highest BCUT2D eigenvalue weighted by atomic mass is 16.5. The second-order valence-electron chi connectivity index (χ2n) is 9.58. The second kappa shape index (κ2) is 9.47. The van der Waals surface area contributed by atoms with E-state index in [1.54, 1.807) is 0 Å². The van der Waals surface area contributed by atoms with Crippen LogP contribution in [0.1, 0.15) is 43.9 Å². The van der Waals surface area contributed by atoms with Crippen LogP contribution in [0, 0.1) is 18.8 Å². The van der Waals surface area contributed by atoms with E-state index in [2.05, 4.69) is 49.3 Å². The molecule has 33 heavy (non-hydrogen) atoms. The van der Waals surface area contributed by atoms with Crippen LogP contribution in [0.3, 0.4) is 0 Å². The van der Waals surface area contributed by atoms with Crippen LogP contribution in [0.5, 0.6) is 0 Å². The number of amides is 1. The molecule has 2 aliphatic heterocycles. The molecule has 8 heteroatoms. The molecule has 2 fully saturated rings. The molecule has 8 nitrogen and oxygen atoms in total. The highest BCUT2D eigenvalue weighted by Gasteiger charge is 2.28. The second-order valence-corrected chi connectivity index (χ2v) is 9.58. The number of likely N-dealkylation sites (tertiary alicyclic amines) is 1. The van der Waals surface area contributed by atoms with Gasteiger partial charge in [0.25, 0.3) is 5.71 Å². The van der Waals surface area contributed by atoms with Gasteiger partial charge in [-0.15, -0.1) is 0 Å². The summed E-state index contributed by atoms with van der Waals surface area (Å²) in [6.45, 7) is 9.02. The molecule has 174 valence electrons. The summed E-state index contributed by atoms with van der Waals surface area (Å²) in [7, 11) is 0. The lowest BCUT2D eigenvalue weighted by Crippen LogP contribution is -2.41. The fourth-order valence-corrected chi connectivity index (χ4v) is 4.94. The zero-order chi connectivity index (χ0) is 22.8. The molecule has 3 aromatic rings. The number of aromatic nitrogens is 3. The fourth-order valence-electron chi connectivity index (χ4n) is 4.94. The van der Waals surface area contributed by atoms with Gasteiger partial charge in [0.2, 0.25) is 5.91 Å². The molecule has 0 bridgehead atoms. The summed E-state index contributed by atoms with van der Waals surface area (Å²) in [5, 5.41) is 7.97. The molecule has 2 aliphatic rings. The van der Waals surface area contributed by atoms with Gasteiger partial charge < -0.3 is 14.7 Å². The molecule has 1 amide bonds. The van der Waals surface area contributed by atoms with E-state index in [0.29, 0.717) is 12.3 Å². The van der Waals surface area contributed by atoms with Crippen molar-refractivity contribution in [2.75, 3.05) is 36.4 Å². The molecular formula is C25H32N6O2. The molecule has 0 saturated carbocycles. The van der Waals surface area contributed by atoms with E-state index in [0.717, 1.165) is 54.4 Å². The summed E-state index contributed by atoms with van der Waals surface area (Å²) in [6, 6.07) is 8.31. The van der Waals surface area contributed by atoms with Gasteiger partial charge in [0, 0.05) is 25.3 Å². The number of nitrogens with zero attached hydrogens (tertiary/aromatic N) is 5. The normalized spacial score (nSPS) is 20.3. The zero-order valence-corrected chi connectivity index (χ0v) is 19.5. The topological polar surface area (TPSA) is 87.4 Å². The van der Waals surface area contributed by atoms with Crippen LogP contribution >= 0.6 is 0 Å². The minimum absolute atomic E-state index is 0.0600. The van der Waals surface area contributed by atoms with Crippen molar-refractivity contribution in [3.8, 4) is 0 Å². The Labute approximate surface area is 194 Å². The average molecular weight is 449 g/mol. The van der Waals surface area contributed by atoms with Crippen molar-refractivity contribution < 1.29 is 9.32 Å². The smallest absolute Gasteiger partial charge is 0.263 e. The first-order valence-corrected chi connectivity index (χ1v) is 12.0. The van der Waals surface area contributed by atoms with Crippen LogP contribution in [0.25, 0.3) is 11.1 Å². The van der Waals surface area contributed by atoms with Crippen LogP contribution in [0.15, 0.2) is 35.1 Å². The molecule has 1 aromatic carbocycles. The van der Waals surface area contributed by atoms with Crippen molar-refractivity contribution >= 4 is 28.5 Å². The molecule has 1 atom stereocenters. The molecule has 5 rings (SSSR count). The number of fused-ring (bicyclic) bond motifs is 1. The average Bonchev–Trinajstić information content (AvgIpc) is 3.23. The number of piperidine rings is 2. The lowest BCUT2D eigenvalue weighted by molar-refractivity contribution is -0.120. The molecule has 1 N–H and O–H groups in total. The summed E-state index contributed by atoms with van der Waals surface area (Å²) in [6.07, 6.45) is 5.86. The number of hydrogen-bond acceptors (Lipinski definition) is 7. The van der Waals surface area contributed by atoms with E-state index >= 15 is 0 Å². The summed E-state index contributed by atoms with van der Waals surface area (Å²) in [5.74, 6) is 1.60. The van der Waals surface area contributed by atoms with Gasteiger partial charge in [-0.05, 0) is 69.3 Å². The van der Waals surface area contributed by atoms with Crippen LogP contribution in [0.2, 0.25) is 0 Å². The Morgan fingerprint density at radius 2 is 1.91 bits per heavy atom. The van der Waals surface area contributed by atoms with Crippen molar-refractivity contribution in [1.29, 1.82) is 0 Å². The van der Waals surface area contributed by atoms with Crippen LogP contribution in [-0.4, -0.2) is 52.1 Å². The van der Waals surface area contributed by atoms with E-state index in [9.17, 15) is 4.79 Å². The van der Waals surface area contributed by atoms with Crippen LogP contribution < -0.4 is 10.2 Å². The third-order valence-electron chi connectivity index (χ3n) is 7.02. The monoisotopic (exact) mass is 448 g/mol. The van der Waals surface area contributed by atoms with Gasteiger partial charge in [-0.1, -0.05) is 24.2 Å². The largest absolute Gasteiger partial charge is 0.355 e. The maximum Gasteiger partial charge on any atom is 0.263 e. The number of anilines is 2. The van der Waals surface area contributed by atoms with Gasteiger partial charge in [-0.25, -0.2) is 4.98 Å². The van der Waals surface area contributed by atoms with Crippen LogP contribution in [0.4, 0.5) is 11.5 Å². The number of nitrogens with one attached hydrogen (secondary N) is 1. The molecule has 0 radical (unpaired) electrons. The summed E-state index contributed by atoms with van der Waals surface area (Å²) in [4.78, 5) is 26.4. The van der Waals surface area contributed by atoms with E-state index in [1.807, 2.05) is 19.1 Å². The summed E-state index contributed by atoms with van der Waals surface area (Å²) in [5.41, 5.74) is 3.41. The zero-order valence-electron chi connectivity index (χ0n) is 19.5. The summed E-state index contributed by atoms with van der Waals surface area (Å²) < 4.78 is 5.29. The first-order valence-electron chi connectivity index (χ1n) is 12.0. The third kappa shape index (κ3) is 4.85. The van der Waals surface area contributed by atoms with Crippen molar-refractivity contribution in [1.82, 2.24) is 20.0 Å². The predicted octanol–water partition coefficient (Wildman–Crippen LogP) is 4.01. The van der Waals surface area contributed by atoms with Crippen molar-refractivity contribution in [3.05, 3.63) is 41.9 Å². The number of benzene rings is 1. The number of rotatable bonds is 5. The molecule has 4 heterocycles. The summed E-state index contributed by atoms with van der Waals surface area (Å²) >= 11 is 0. The minimum Gasteiger partial charge on any atom is -0.355 e. The standard InChI is InChI=1S/C25H32N6O2/c1-17-9-12-30(13-10-17)14-19-5-7-21(8-6-19)28-24(32)20-4-3-11-31(15-20)23-22-18(2)29-33-25(22)27-16-26-23/h5-8,16-17,20H,3-4,9-15H2,1-2H3,(H,28,32)/t20-/m0/s1. The highest BCUT2D eigenvalue weighted by Crippen LogP contribution is 2.30. The van der Waals surface area contributed by atoms with E-state index in [-0.39, 0.29) is 11.8 Å². The number of carbonyl (C=O) groups excluding carboxylic acids is 1. The first kappa shape index (κ1) is 21.8. The van der Waals surface area contributed by atoms with Crippen molar-refractivity contribution in [2.45, 2.75) is 46.1 Å². The lowest BCUT2D eigenvalue weighted by atomic mass is 9.96. The molecule has 0 unspecified atom stereocenters. The first-order chi connectivity index (χ1) is 16.1. The highest BCUT2D eigenvalue weighted by molar-refractivity contribution is 5.93. The van der Waals surface area contributed by atoms with E-state index in [1.165, 1.54) is 37.8 Å². The van der Waals surface area contributed by atoms with Gasteiger partial charge in [0.15, 0.2) is 0 Å². The minimum atomic E-state index is -0.0982. The Hall–Kier alpha value is -3.00. The third-order valence-corrected chi connectivity index (χ3v) is 7.02. The van der Waals surface area contributed by atoms with Gasteiger partial charge in [-0.3, -0.25) is 9.69 Å².